The second-order valence-electron chi connectivity index (χ2n) is 6.57. The molecule has 0 aromatic rings. The first kappa shape index (κ1) is 16.3. The van der Waals surface area contributed by atoms with E-state index in [0.717, 1.165) is 18.2 Å². The van der Waals surface area contributed by atoms with E-state index in [9.17, 15) is 9.90 Å². The molecule has 118 valence electrons. The molecule has 6 heteroatoms. The van der Waals surface area contributed by atoms with Crippen molar-refractivity contribution in [2.75, 3.05) is 19.5 Å². The summed E-state index contributed by atoms with van der Waals surface area (Å²) in [5.41, 5.74) is 1.33. The van der Waals surface area contributed by atoms with Crippen molar-refractivity contribution in [1.29, 1.82) is 0 Å². The van der Waals surface area contributed by atoms with Gasteiger partial charge in [-0.1, -0.05) is 13.5 Å². The van der Waals surface area contributed by atoms with Crippen LogP contribution in [0.4, 0.5) is 4.79 Å². The van der Waals surface area contributed by atoms with Crippen LogP contribution in [0.1, 0.15) is 13.3 Å². The van der Waals surface area contributed by atoms with Gasteiger partial charge in [0.2, 0.25) is 0 Å². The van der Waals surface area contributed by atoms with Crippen LogP contribution in [0.2, 0.25) is 0 Å². The Balaban J connectivity index is 2.08. The molecule has 5 nitrogen and oxygen atoms in total. The van der Waals surface area contributed by atoms with Crippen molar-refractivity contribution in [2.24, 2.45) is 5.92 Å². The average Bonchev–Trinajstić information content (AvgIpc) is 2.64. The molecule has 1 saturated heterocycles. The maximum atomic E-state index is 11.2. The third-order valence-electron chi connectivity index (χ3n) is 4.02. The van der Waals surface area contributed by atoms with Crippen molar-refractivity contribution in [1.82, 2.24) is 10.6 Å². The van der Waals surface area contributed by atoms with Gasteiger partial charge in [-0.05, 0) is 25.9 Å². The van der Waals surface area contributed by atoms with E-state index < -0.39 is 13.0 Å². The highest BCUT2D eigenvalue weighted by atomic mass is 31.2. The molecule has 0 saturated carbocycles. The van der Waals surface area contributed by atoms with E-state index >= 15 is 0 Å². The van der Waals surface area contributed by atoms with Crippen molar-refractivity contribution >= 4 is 19.2 Å². The summed E-state index contributed by atoms with van der Waals surface area (Å²) in [6.07, 6.45) is 6.67. The number of urea groups is 1. The Morgan fingerprint density at radius 3 is 2.71 bits per heavy atom. The number of ether oxygens (including phenoxy) is 1. The minimum atomic E-state index is -1.13. The minimum absolute atomic E-state index is 0.0407. The summed E-state index contributed by atoms with van der Waals surface area (Å²) in [5, 5.41) is 15.6. The van der Waals surface area contributed by atoms with Crippen molar-refractivity contribution in [3.05, 3.63) is 24.0 Å². The first-order valence-electron chi connectivity index (χ1n) is 7.17. The van der Waals surface area contributed by atoms with Crippen LogP contribution in [0.25, 0.3) is 0 Å². The minimum Gasteiger partial charge on any atom is -0.390 e. The van der Waals surface area contributed by atoms with E-state index in [-0.39, 0.29) is 24.2 Å². The number of aliphatic hydroxyl groups is 1. The lowest BCUT2D eigenvalue weighted by molar-refractivity contribution is 0.0201. The summed E-state index contributed by atoms with van der Waals surface area (Å²) >= 11 is 0. The summed E-state index contributed by atoms with van der Waals surface area (Å²) in [6.45, 7) is 9.05. The smallest absolute Gasteiger partial charge is 0.323 e. The van der Waals surface area contributed by atoms with Crippen LogP contribution < -0.4 is 10.6 Å². The third-order valence-corrected chi connectivity index (χ3v) is 5.48. The van der Waals surface area contributed by atoms with Crippen molar-refractivity contribution in [3.63, 3.8) is 0 Å². The normalized spacial score (nSPS) is 33.4. The summed E-state index contributed by atoms with van der Waals surface area (Å²) in [7, 11) is 0. The first-order chi connectivity index (χ1) is 9.69. The number of aliphatic hydroxyl groups excluding tert-OH is 1. The quantitative estimate of drug-likeness (QED) is 0.690. The molecule has 2 aliphatic rings. The highest BCUT2D eigenvalue weighted by Crippen LogP contribution is 2.40. The Bertz CT molecular complexity index is 523. The number of amides is 2. The van der Waals surface area contributed by atoms with Gasteiger partial charge in [0, 0.05) is 23.4 Å². The molecule has 0 bridgehead atoms. The van der Waals surface area contributed by atoms with Crippen LogP contribution in [-0.2, 0) is 4.74 Å². The standard InChI is InChI=1S/C15H25N2O3P/c1-9-13(18)12(6-7-21(3,4)5)20-14(9)11-8-16-15(19)17-10(11)2/h8-9,12-14,18H,2-3,6-7H2,1,4-5H3,(H2,16,17,19)/t9-,12-,13+,14?/m1/s1. The largest absolute Gasteiger partial charge is 0.390 e. The van der Waals surface area contributed by atoms with E-state index in [4.69, 9.17) is 4.74 Å². The monoisotopic (exact) mass is 312 g/mol. The first-order valence-corrected chi connectivity index (χ1v) is 10.2. The van der Waals surface area contributed by atoms with Crippen LogP contribution in [0.3, 0.4) is 0 Å². The zero-order chi connectivity index (χ0) is 15.8. The Hall–Kier alpha value is -1.03. The molecular weight excluding hydrogens is 287 g/mol. The van der Waals surface area contributed by atoms with Gasteiger partial charge in [0.15, 0.2) is 0 Å². The van der Waals surface area contributed by atoms with Gasteiger partial charge in [0.05, 0.1) is 18.3 Å². The lowest BCUT2D eigenvalue weighted by Crippen LogP contribution is -2.40. The highest BCUT2D eigenvalue weighted by Gasteiger charge is 2.43. The fourth-order valence-electron chi connectivity index (χ4n) is 2.71. The Labute approximate surface area is 126 Å². The summed E-state index contributed by atoms with van der Waals surface area (Å²) in [5.74, 6) is -0.0407. The van der Waals surface area contributed by atoms with Gasteiger partial charge in [-0.2, -0.15) is 0 Å². The van der Waals surface area contributed by atoms with E-state index in [1.54, 1.807) is 6.20 Å². The summed E-state index contributed by atoms with van der Waals surface area (Å²) in [6, 6.07) is -0.296. The van der Waals surface area contributed by atoms with E-state index in [1.165, 1.54) is 0 Å². The zero-order valence-electron chi connectivity index (χ0n) is 12.9. The van der Waals surface area contributed by atoms with Gasteiger partial charge in [0.1, 0.15) is 0 Å². The van der Waals surface area contributed by atoms with Crippen LogP contribution in [-0.4, -0.2) is 55.2 Å². The molecule has 4 atom stereocenters. The maximum absolute atomic E-state index is 11.2. The van der Waals surface area contributed by atoms with Crippen molar-refractivity contribution in [3.8, 4) is 0 Å². The molecule has 1 fully saturated rings. The van der Waals surface area contributed by atoms with Crippen molar-refractivity contribution in [2.45, 2.75) is 31.7 Å². The molecule has 0 aromatic heterocycles. The molecule has 2 amide bonds. The molecule has 0 aliphatic carbocycles. The predicted molar refractivity (Wildman–Crippen MR) is 88.1 cm³/mol. The van der Waals surface area contributed by atoms with E-state index in [0.29, 0.717) is 5.70 Å². The Morgan fingerprint density at radius 2 is 2.14 bits per heavy atom. The molecule has 2 heterocycles. The van der Waals surface area contributed by atoms with Crippen LogP contribution in [0.15, 0.2) is 24.0 Å². The summed E-state index contributed by atoms with van der Waals surface area (Å²) < 4.78 is 6.05. The maximum Gasteiger partial charge on any atom is 0.323 e. The van der Waals surface area contributed by atoms with Crippen LogP contribution in [0, 0.1) is 5.92 Å². The fraction of sp³-hybridized carbons (Fsp3) is 0.600. The van der Waals surface area contributed by atoms with Gasteiger partial charge in [0.25, 0.3) is 0 Å². The SMILES string of the molecule is C=C1NC(=O)NC=C1C1O[C@H](CCP(=C)(C)C)[C@@H](O)[C@H]1C. The number of rotatable bonds is 4. The second-order valence-corrected chi connectivity index (χ2v) is 10.9. The number of hydrogen-bond acceptors (Lipinski definition) is 3. The highest BCUT2D eigenvalue weighted by molar-refractivity contribution is 7.72. The van der Waals surface area contributed by atoms with Gasteiger partial charge in [-0.3, -0.25) is 0 Å². The number of carbonyl (C=O) groups excluding carboxylic acids is 1. The number of hydrogen-bond donors (Lipinski definition) is 3. The second kappa shape index (κ2) is 5.99. The third kappa shape index (κ3) is 3.79. The Kier molecular flexibility index (Phi) is 4.66. The molecule has 0 radical (unpaired) electrons. The Morgan fingerprint density at radius 1 is 1.48 bits per heavy atom. The molecule has 0 spiro atoms. The van der Waals surface area contributed by atoms with Gasteiger partial charge >= 0.3 is 6.03 Å². The molecule has 3 N–H and O–H groups in total. The lowest BCUT2D eigenvalue weighted by atomic mass is 9.92. The fourth-order valence-corrected chi connectivity index (χ4v) is 3.67. The zero-order valence-corrected chi connectivity index (χ0v) is 13.8. The lowest BCUT2D eigenvalue weighted by Gasteiger charge is -2.25. The van der Waals surface area contributed by atoms with E-state index in [1.807, 2.05) is 6.92 Å². The topological polar surface area (TPSA) is 70.6 Å². The van der Waals surface area contributed by atoms with Gasteiger partial charge in [-0.15, -0.1) is 13.2 Å². The molecule has 1 unspecified atom stereocenters. The number of carbonyl (C=O) groups is 1. The molecular formula is C15H25N2O3P. The average molecular weight is 312 g/mol. The summed E-state index contributed by atoms with van der Waals surface area (Å²) in [4.78, 5) is 11.2. The van der Waals surface area contributed by atoms with Crippen LogP contribution >= 0.6 is 6.89 Å². The van der Waals surface area contributed by atoms with Gasteiger partial charge in [-0.25, -0.2) is 4.79 Å². The van der Waals surface area contributed by atoms with Gasteiger partial charge < -0.3 is 20.5 Å². The molecule has 2 rings (SSSR count). The molecule has 0 aromatic carbocycles. The molecule has 2 aliphatic heterocycles. The van der Waals surface area contributed by atoms with Crippen molar-refractivity contribution < 1.29 is 14.6 Å². The number of nitrogens with one attached hydrogen (secondary N) is 2. The van der Waals surface area contributed by atoms with Crippen LogP contribution in [0.5, 0.6) is 0 Å². The predicted octanol–water partition coefficient (Wildman–Crippen LogP) is 1.56. The molecule has 21 heavy (non-hydrogen) atoms. The van der Waals surface area contributed by atoms with E-state index in [2.05, 4.69) is 36.8 Å².